The van der Waals surface area contributed by atoms with Crippen LogP contribution in [0.1, 0.15) is 18.5 Å². The zero-order chi connectivity index (χ0) is 18.3. The minimum atomic E-state index is -0.519. The molecule has 2 heterocycles. The summed E-state index contributed by atoms with van der Waals surface area (Å²) in [6, 6.07) is 8.78. The molecular formula is C18H16FN5O2. The van der Waals surface area contributed by atoms with Gasteiger partial charge in [-0.05, 0) is 36.8 Å². The summed E-state index contributed by atoms with van der Waals surface area (Å²) < 4.78 is 19.4. The van der Waals surface area contributed by atoms with Crippen LogP contribution in [0.5, 0.6) is 5.75 Å². The maximum atomic E-state index is 14.4. The third kappa shape index (κ3) is 2.65. The maximum absolute atomic E-state index is 14.4. The van der Waals surface area contributed by atoms with Crippen LogP contribution in [0.2, 0.25) is 0 Å². The highest BCUT2D eigenvalue weighted by atomic mass is 19.1. The van der Waals surface area contributed by atoms with Gasteiger partial charge >= 0.3 is 5.69 Å². The minimum Gasteiger partial charge on any atom is -0.494 e. The number of aromatic amines is 2. The molecule has 0 saturated heterocycles. The molecule has 1 unspecified atom stereocenters. The van der Waals surface area contributed by atoms with E-state index in [1.807, 2.05) is 25.1 Å². The van der Waals surface area contributed by atoms with Gasteiger partial charge in [-0.25, -0.2) is 19.2 Å². The number of imidazole rings is 1. The highest BCUT2D eigenvalue weighted by Gasteiger charge is 2.15. The highest BCUT2D eigenvalue weighted by molar-refractivity contribution is 5.90. The molecule has 4 rings (SSSR count). The first-order valence-corrected chi connectivity index (χ1v) is 8.02. The Morgan fingerprint density at radius 2 is 1.96 bits per heavy atom. The minimum absolute atomic E-state index is 0.124. The Hall–Kier alpha value is -3.42. The average Bonchev–Trinajstić information content (AvgIpc) is 3.01. The van der Waals surface area contributed by atoms with Gasteiger partial charge in [-0.2, -0.15) is 0 Å². The van der Waals surface area contributed by atoms with Gasteiger partial charge in [0.2, 0.25) is 0 Å². The fraction of sp³-hybridized carbons (Fsp3) is 0.167. The number of ether oxygens (including phenoxy) is 1. The second-order valence-electron chi connectivity index (χ2n) is 5.95. The first-order chi connectivity index (χ1) is 12.6. The predicted molar refractivity (Wildman–Crippen MR) is 97.0 cm³/mol. The molecule has 0 amide bonds. The molecule has 4 aromatic rings. The number of hydrogen-bond donors (Lipinski definition) is 3. The van der Waals surface area contributed by atoms with Gasteiger partial charge in [0.25, 0.3) is 0 Å². The monoisotopic (exact) mass is 353 g/mol. The number of aromatic nitrogens is 4. The third-order valence-corrected chi connectivity index (χ3v) is 4.32. The number of rotatable bonds is 4. The van der Waals surface area contributed by atoms with E-state index >= 15 is 0 Å². The van der Waals surface area contributed by atoms with Crippen molar-refractivity contribution >= 4 is 27.8 Å². The Balaban J connectivity index is 1.71. The molecule has 0 aliphatic carbocycles. The van der Waals surface area contributed by atoms with Crippen LogP contribution >= 0.6 is 0 Å². The summed E-state index contributed by atoms with van der Waals surface area (Å²) in [5, 5.41) is 3.84. The summed E-state index contributed by atoms with van der Waals surface area (Å²) in [6.45, 7) is 1.96. The van der Waals surface area contributed by atoms with E-state index in [-0.39, 0.29) is 23.0 Å². The Morgan fingerprint density at radius 1 is 1.15 bits per heavy atom. The topological polar surface area (TPSA) is 95.7 Å². The molecule has 0 fully saturated rings. The normalized spacial score (nSPS) is 12.4. The summed E-state index contributed by atoms with van der Waals surface area (Å²) in [6.07, 6.45) is 1.31. The van der Waals surface area contributed by atoms with E-state index in [0.29, 0.717) is 11.2 Å². The van der Waals surface area contributed by atoms with Crippen molar-refractivity contribution in [2.24, 2.45) is 0 Å². The van der Waals surface area contributed by atoms with E-state index in [1.54, 1.807) is 12.1 Å². The number of benzene rings is 2. The van der Waals surface area contributed by atoms with E-state index in [2.05, 4.69) is 25.3 Å². The molecule has 132 valence electrons. The highest BCUT2D eigenvalue weighted by Crippen LogP contribution is 2.30. The van der Waals surface area contributed by atoms with Crippen molar-refractivity contribution in [2.45, 2.75) is 13.0 Å². The molecule has 2 aromatic heterocycles. The maximum Gasteiger partial charge on any atom is 0.323 e. The molecule has 0 radical (unpaired) electrons. The standard InChI is InChI=1S/C18H16FN5O2/c1-9(10-3-5-12-13(7-10)24-18(25)23-12)22-17-11-4-6-14(26-2)15(19)16(11)20-8-21-17/h3-9H,1-2H3,(H,20,21,22)(H2,23,24,25). The quantitative estimate of drug-likeness (QED) is 0.524. The summed E-state index contributed by atoms with van der Waals surface area (Å²) in [4.78, 5) is 25.1. The number of hydrogen-bond acceptors (Lipinski definition) is 5. The van der Waals surface area contributed by atoms with Crippen LogP contribution in [-0.4, -0.2) is 27.0 Å². The fourth-order valence-electron chi connectivity index (χ4n) is 2.96. The van der Waals surface area contributed by atoms with Gasteiger partial charge in [-0.15, -0.1) is 0 Å². The van der Waals surface area contributed by atoms with Crippen molar-refractivity contribution in [1.29, 1.82) is 0 Å². The van der Waals surface area contributed by atoms with Crippen LogP contribution in [-0.2, 0) is 0 Å². The molecule has 0 spiro atoms. The summed E-state index contributed by atoms with van der Waals surface area (Å²) >= 11 is 0. The molecule has 7 nitrogen and oxygen atoms in total. The molecule has 0 saturated carbocycles. The van der Waals surface area contributed by atoms with Crippen molar-refractivity contribution in [2.75, 3.05) is 12.4 Å². The Kier molecular flexibility index (Phi) is 3.80. The van der Waals surface area contributed by atoms with Crippen molar-refractivity contribution in [3.63, 3.8) is 0 Å². The number of H-pyrrole nitrogens is 2. The van der Waals surface area contributed by atoms with Crippen molar-refractivity contribution in [3.8, 4) is 5.75 Å². The van der Waals surface area contributed by atoms with E-state index in [0.717, 1.165) is 16.6 Å². The molecule has 26 heavy (non-hydrogen) atoms. The summed E-state index contributed by atoms with van der Waals surface area (Å²) in [5.74, 6) is 0.137. The Labute approximate surface area is 147 Å². The lowest BCUT2D eigenvalue weighted by molar-refractivity contribution is 0.388. The van der Waals surface area contributed by atoms with E-state index in [1.165, 1.54) is 13.4 Å². The van der Waals surface area contributed by atoms with Crippen LogP contribution in [0.15, 0.2) is 41.5 Å². The fourth-order valence-corrected chi connectivity index (χ4v) is 2.96. The molecule has 3 N–H and O–H groups in total. The lowest BCUT2D eigenvalue weighted by Gasteiger charge is -2.16. The molecule has 0 bridgehead atoms. The van der Waals surface area contributed by atoms with Gasteiger partial charge in [0.15, 0.2) is 11.6 Å². The summed E-state index contributed by atoms with van der Waals surface area (Å²) in [5.41, 5.74) is 2.37. The second kappa shape index (κ2) is 6.14. The molecule has 2 aromatic carbocycles. The van der Waals surface area contributed by atoms with Crippen LogP contribution in [0.4, 0.5) is 10.2 Å². The predicted octanol–water partition coefficient (Wildman–Crippen LogP) is 3.12. The van der Waals surface area contributed by atoms with Gasteiger partial charge in [0, 0.05) is 5.39 Å². The van der Waals surface area contributed by atoms with Gasteiger partial charge in [-0.3, -0.25) is 0 Å². The van der Waals surface area contributed by atoms with Gasteiger partial charge in [0.1, 0.15) is 17.7 Å². The molecule has 0 aliphatic rings. The van der Waals surface area contributed by atoms with Gasteiger partial charge in [0.05, 0.1) is 24.2 Å². The number of methoxy groups -OCH3 is 1. The third-order valence-electron chi connectivity index (χ3n) is 4.32. The number of anilines is 1. The number of nitrogens with zero attached hydrogens (tertiary/aromatic N) is 2. The lowest BCUT2D eigenvalue weighted by atomic mass is 10.1. The first-order valence-electron chi connectivity index (χ1n) is 8.02. The number of fused-ring (bicyclic) bond motifs is 2. The van der Waals surface area contributed by atoms with Crippen LogP contribution in [0.25, 0.3) is 21.9 Å². The molecule has 0 aliphatic heterocycles. The number of nitrogens with one attached hydrogen (secondary N) is 3. The van der Waals surface area contributed by atoms with Crippen molar-refractivity contribution < 1.29 is 9.13 Å². The number of halogens is 1. The SMILES string of the molecule is COc1ccc2c(NC(C)c3ccc4[nH]c(=O)[nH]c4c3)ncnc2c1F. The Morgan fingerprint density at radius 3 is 2.77 bits per heavy atom. The van der Waals surface area contributed by atoms with Gasteiger partial charge < -0.3 is 20.0 Å². The zero-order valence-electron chi connectivity index (χ0n) is 14.1. The second-order valence-corrected chi connectivity index (χ2v) is 5.95. The first kappa shape index (κ1) is 16.1. The largest absolute Gasteiger partial charge is 0.494 e. The van der Waals surface area contributed by atoms with Crippen LogP contribution in [0.3, 0.4) is 0 Å². The molecule has 1 atom stereocenters. The average molecular weight is 353 g/mol. The smallest absolute Gasteiger partial charge is 0.323 e. The lowest BCUT2D eigenvalue weighted by Crippen LogP contribution is -2.09. The zero-order valence-corrected chi connectivity index (χ0v) is 14.1. The van der Waals surface area contributed by atoms with E-state index in [9.17, 15) is 9.18 Å². The van der Waals surface area contributed by atoms with E-state index < -0.39 is 5.82 Å². The van der Waals surface area contributed by atoms with Crippen molar-refractivity contribution in [3.05, 3.63) is 58.5 Å². The van der Waals surface area contributed by atoms with Crippen LogP contribution in [0, 0.1) is 5.82 Å². The van der Waals surface area contributed by atoms with E-state index in [4.69, 9.17) is 4.74 Å². The molecule has 8 heteroatoms. The van der Waals surface area contributed by atoms with Crippen molar-refractivity contribution in [1.82, 2.24) is 19.9 Å². The van der Waals surface area contributed by atoms with Crippen LogP contribution < -0.4 is 15.7 Å². The molecular weight excluding hydrogens is 337 g/mol. The van der Waals surface area contributed by atoms with Gasteiger partial charge in [-0.1, -0.05) is 6.07 Å². The Bertz CT molecular complexity index is 1170. The summed E-state index contributed by atoms with van der Waals surface area (Å²) in [7, 11) is 1.41.